The highest BCUT2D eigenvalue weighted by atomic mass is 16.1. The monoisotopic (exact) mass is 205 g/mol. The van der Waals surface area contributed by atoms with Gasteiger partial charge in [-0.3, -0.25) is 4.79 Å². The number of aromatic nitrogens is 2. The van der Waals surface area contributed by atoms with E-state index < -0.39 is 0 Å². The van der Waals surface area contributed by atoms with Crippen LogP contribution in [0.15, 0.2) is 31.4 Å². The van der Waals surface area contributed by atoms with Crippen LogP contribution in [0.5, 0.6) is 0 Å². The Morgan fingerprint density at radius 1 is 1.67 bits per heavy atom. The molecule has 2 rings (SSSR count). The zero-order chi connectivity index (χ0) is 10.7. The first kappa shape index (κ1) is 9.96. The van der Waals surface area contributed by atoms with E-state index in [0.717, 1.165) is 19.4 Å². The zero-order valence-corrected chi connectivity index (χ0v) is 8.60. The Morgan fingerprint density at radius 2 is 2.47 bits per heavy atom. The largest absolute Gasteiger partial charge is 0.352 e. The summed E-state index contributed by atoms with van der Waals surface area (Å²) in [5.74, 6) is 0.516. The topological polar surface area (TPSA) is 46.9 Å². The van der Waals surface area contributed by atoms with E-state index in [1.54, 1.807) is 6.20 Å². The number of nitrogens with zero attached hydrogens (tertiary/aromatic N) is 2. The van der Waals surface area contributed by atoms with Crippen molar-refractivity contribution in [3.8, 4) is 0 Å². The van der Waals surface area contributed by atoms with Gasteiger partial charge in [0.1, 0.15) is 0 Å². The van der Waals surface area contributed by atoms with Crippen LogP contribution < -0.4 is 5.32 Å². The summed E-state index contributed by atoms with van der Waals surface area (Å²) in [6.45, 7) is 4.17. The molecule has 0 aromatic carbocycles. The molecule has 1 aliphatic rings. The third-order valence-corrected chi connectivity index (χ3v) is 2.91. The van der Waals surface area contributed by atoms with Crippen molar-refractivity contribution in [2.45, 2.75) is 18.9 Å². The van der Waals surface area contributed by atoms with Crippen LogP contribution in [0.4, 0.5) is 0 Å². The number of hydrogen-bond acceptors (Lipinski definition) is 2. The molecule has 0 saturated heterocycles. The standard InChI is InChI=1S/C11H15N3O/c1-2-11(15)13-7-9-5-10(6-9)14-4-3-12-8-14/h2-4,8-10H,1,5-7H2,(H,13,15). The van der Waals surface area contributed by atoms with Crippen molar-refractivity contribution in [3.05, 3.63) is 31.4 Å². The second-order valence-corrected chi connectivity index (χ2v) is 3.95. The molecule has 4 nitrogen and oxygen atoms in total. The van der Waals surface area contributed by atoms with Gasteiger partial charge in [-0.25, -0.2) is 4.98 Å². The highest BCUT2D eigenvalue weighted by Gasteiger charge is 2.29. The summed E-state index contributed by atoms with van der Waals surface area (Å²) in [5.41, 5.74) is 0. The third kappa shape index (κ3) is 2.26. The molecule has 0 radical (unpaired) electrons. The molecule has 1 N–H and O–H groups in total. The quantitative estimate of drug-likeness (QED) is 0.749. The van der Waals surface area contributed by atoms with Gasteiger partial charge in [-0.2, -0.15) is 0 Å². The molecular formula is C11H15N3O. The summed E-state index contributed by atoms with van der Waals surface area (Å²) < 4.78 is 2.13. The molecule has 1 aliphatic carbocycles. The van der Waals surface area contributed by atoms with Gasteiger partial charge in [-0.05, 0) is 24.8 Å². The van der Waals surface area contributed by atoms with Crippen LogP contribution in [0.2, 0.25) is 0 Å². The van der Waals surface area contributed by atoms with Crippen molar-refractivity contribution in [2.75, 3.05) is 6.54 Å². The van der Waals surface area contributed by atoms with E-state index in [4.69, 9.17) is 0 Å². The molecule has 0 aliphatic heterocycles. The van der Waals surface area contributed by atoms with Gasteiger partial charge in [0, 0.05) is 25.0 Å². The summed E-state index contributed by atoms with van der Waals surface area (Å²) in [6.07, 6.45) is 9.19. The summed E-state index contributed by atoms with van der Waals surface area (Å²) in [4.78, 5) is 14.9. The Labute approximate surface area is 89.0 Å². The number of amides is 1. The van der Waals surface area contributed by atoms with Gasteiger partial charge >= 0.3 is 0 Å². The normalized spacial score (nSPS) is 24.3. The van der Waals surface area contributed by atoms with E-state index in [1.165, 1.54) is 6.08 Å². The van der Waals surface area contributed by atoms with Crippen LogP contribution in [0.25, 0.3) is 0 Å². The van der Waals surface area contributed by atoms with Crippen LogP contribution in [0.1, 0.15) is 18.9 Å². The highest BCUT2D eigenvalue weighted by Crippen LogP contribution is 2.36. The minimum atomic E-state index is -0.0823. The van der Waals surface area contributed by atoms with Crippen LogP contribution >= 0.6 is 0 Å². The lowest BCUT2D eigenvalue weighted by Gasteiger charge is -2.36. The molecule has 0 bridgehead atoms. The van der Waals surface area contributed by atoms with Crippen molar-refractivity contribution in [2.24, 2.45) is 5.92 Å². The van der Waals surface area contributed by atoms with E-state index >= 15 is 0 Å². The SMILES string of the molecule is C=CC(=O)NCC1CC(n2ccnc2)C1. The van der Waals surface area contributed by atoms with Gasteiger partial charge in [0.05, 0.1) is 6.33 Å². The number of hydrogen-bond donors (Lipinski definition) is 1. The minimum Gasteiger partial charge on any atom is -0.352 e. The predicted octanol–water partition coefficient (Wildman–Crippen LogP) is 1.14. The second-order valence-electron chi connectivity index (χ2n) is 3.95. The molecule has 1 fully saturated rings. The van der Waals surface area contributed by atoms with E-state index in [9.17, 15) is 4.79 Å². The van der Waals surface area contributed by atoms with E-state index in [-0.39, 0.29) is 5.91 Å². The molecule has 80 valence electrons. The molecule has 1 amide bonds. The number of carbonyl (C=O) groups is 1. The maximum Gasteiger partial charge on any atom is 0.243 e. The molecule has 1 heterocycles. The van der Waals surface area contributed by atoms with E-state index in [0.29, 0.717) is 12.0 Å². The maximum absolute atomic E-state index is 10.9. The Hall–Kier alpha value is -1.58. The van der Waals surface area contributed by atoms with Gasteiger partial charge in [0.2, 0.25) is 5.91 Å². The summed E-state index contributed by atoms with van der Waals surface area (Å²) in [7, 11) is 0. The summed E-state index contributed by atoms with van der Waals surface area (Å²) in [6, 6.07) is 0.568. The van der Waals surface area contributed by atoms with Gasteiger partial charge in [0.25, 0.3) is 0 Å². The Bertz CT molecular complexity index is 339. The predicted molar refractivity (Wildman–Crippen MR) is 57.2 cm³/mol. The van der Waals surface area contributed by atoms with Gasteiger partial charge in [-0.15, -0.1) is 0 Å². The van der Waals surface area contributed by atoms with Crippen molar-refractivity contribution in [3.63, 3.8) is 0 Å². The van der Waals surface area contributed by atoms with E-state index in [1.807, 2.05) is 12.5 Å². The molecule has 15 heavy (non-hydrogen) atoms. The molecule has 0 atom stereocenters. The van der Waals surface area contributed by atoms with Crippen molar-refractivity contribution < 1.29 is 4.79 Å². The number of imidazole rings is 1. The average Bonchev–Trinajstić information content (AvgIpc) is 2.68. The fourth-order valence-corrected chi connectivity index (χ4v) is 1.91. The third-order valence-electron chi connectivity index (χ3n) is 2.91. The highest BCUT2D eigenvalue weighted by molar-refractivity contribution is 5.86. The van der Waals surface area contributed by atoms with Crippen molar-refractivity contribution in [1.29, 1.82) is 0 Å². The van der Waals surface area contributed by atoms with Crippen molar-refractivity contribution in [1.82, 2.24) is 14.9 Å². The molecule has 0 spiro atoms. The van der Waals surface area contributed by atoms with Crippen LogP contribution in [-0.4, -0.2) is 22.0 Å². The Kier molecular flexibility index (Phi) is 2.85. The smallest absolute Gasteiger partial charge is 0.243 e. The Balaban J connectivity index is 1.70. The van der Waals surface area contributed by atoms with Gasteiger partial charge in [-0.1, -0.05) is 6.58 Å². The average molecular weight is 205 g/mol. The molecule has 0 unspecified atom stereocenters. The molecule has 4 heteroatoms. The fourth-order valence-electron chi connectivity index (χ4n) is 1.91. The maximum atomic E-state index is 10.9. The van der Waals surface area contributed by atoms with Crippen LogP contribution in [-0.2, 0) is 4.79 Å². The minimum absolute atomic E-state index is 0.0823. The molecule has 1 aromatic heterocycles. The first-order valence-corrected chi connectivity index (χ1v) is 5.17. The number of nitrogens with one attached hydrogen (secondary N) is 1. The number of rotatable bonds is 4. The molecule has 1 aromatic rings. The lowest BCUT2D eigenvalue weighted by molar-refractivity contribution is -0.116. The van der Waals surface area contributed by atoms with Gasteiger partial charge < -0.3 is 9.88 Å². The van der Waals surface area contributed by atoms with Crippen LogP contribution in [0.3, 0.4) is 0 Å². The van der Waals surface area contributed by atoms with E-state index in [2.05, 4.69) is 21.4 Å². The number of carbonyl (C=O) groups excluding carboxylic acids is 1. The van der Waals surface area contributed by atoms with Crippen LogP contribution in [0, 0.1) is 5.92 Å². The van der Waals surface area contributed by atoms with Crippen molar-refractivity contribution >= 4 is 5.91 Å². The summed E-state index contributed by atoms with van der Waals surface area (Å²) >= 11 is 0. The lowest BCUT2D eigenvalue weighted by Crippen LogP contribution is -2.36. The zero-order valence-electron chi connectivity index (χ0n) is 8.60. The second kappa shape index (κ2) is 4.29. The molecule has 1 saturated carbocycles. The first-order chi connectivity index (χ1) is 7.29. The lowest BCUT2D eigenvalue weighted by atomic mass is 9.80. The first-order valence-electron chi connectivity index (χ1n) is 5.17. The summed E-state index contributed by atoms with van der Waals surface area (Å²) in [5, 5.41) is 2.82. The fraction of sp³-hybridized carbons (Fsp3) is 0.455. The molecular weight excluding hydrogens is 190 g/mol. The Morgan fingerprint density at radius 3 is 3.07 bits per heavy atom. The van der Waals surface area contributed by atoms with Gasteiger partial charge in [0.15, 0.2) is 0 Å².